The van der Waals surface area contributed by atoms with Crippen LogP contribution in [0.25, 0.3) is 0 Å². The summed E-state index contributed by atoms with van der Waals surface area (Å²) in [6, 6.07) is 7.42. The van der Waals surface area contributed by atoms with Gasteiger partial charge >= 0.3 is 0 Å². The van der Waals surface area contributed by atoms with Crippen molar-refractivity contribution in [2.24, 2.45) is 0 Å². The second-order valence-corrected chi connectivity index (χ2v) is 5.81. The first kappa shape index (κ1) is 16.8. The van der Waals surface area contributed by atoms with Crippen molar-refractivity contribution in [1.82, 2.24) is 0 Å². The van der Waals surface area contributed by atoms with Gasteiger partial charge in [-0.2, -0.15) is 16.8 Å². The Morgan fingerprint density at radius 3 is 1.78 bits per heavy atom. The average Bonchev–Trinajstić information content (AvgIpc) is 2.26. The van der Waals surface area contributed by atoms with E-state index < -0.39 is 20.2 Å². The lowest BCUT2D eigenvalue weighted by atomic mass is 10.4. The summed E-state index contributed by atoms with van der Waals surface area (Å²) in [4.78, 5) is -0.0741. The summed E-state index contributed by atoms with van der Waals surface area (Å²) in [5.74, 6) is 0. The van der Waals surface area contributed by atoms with E-state index in [-0.39, 0.29) is 4.90 Å². The van der Waals surface area contributed by atoms with Crippen LogP contribution in [0.15, 0.2) is 46.7 Å². The van der Waals surface area contributed by atoms with Gasteiger partial charge in [-0.15, -0.1) is 0 Å². The van der Waals surface area contributed by atoms with Crippen LogP contribution in [0.1, 0.15) is 13.3 Å². The highest BCUT2D eigenvalue weighted by Gasteiger charge is 2.05. The molecule has 1 rings (SSSR count). The van der Waals surface area contributed by atoms with Crippen LogP contribution in [0.4, 0.5) is 0 Å². The van der Waals surface area contributed by atoms with E-state index in [1.165, 1.54) is 18.2 Å². The third kappa shape index (κ3) is 8.88. The zero-order valence-electron chi connectivity index (χ0n) is 9.59. The van der Waals surface area contributed by atoms with Crippen molar-refractivity contribution >= 4 is 20.2 Å². The van der Waals surface area contributed by atoms with Gasteiger partial charge in [0.1, 0.15) is 0 Å². The van der Waals surface area contributed by atoms with Crippen LogP contribution in [0.2, 0.25) is 0 Å². The normalized spacial score (nSPS) is 11.9. The largest absolute Gasteiger partial charge is 0.294 e. The molecule has 102 valence electrons. The molecule has 0 aromatic heterocycles. The summed E-state index contributed by atoms with van der Waals surface area (Å²) in [7, 11) is -7.87. The smallest absolute Gasteiger partial charge is 0.282 e. The SMILES string of the molecule is CCC=CS(=O)(=O)O.O=S(=O)(O)c1ccccc1. The van der Waals surface area contributed by atoms with Crippen LogP contribution < -0.4 is 0 Å². The second kappa shape index (κ2) is 7.27. The molecule has 18 heavy (non-hydrogen) atoms. The number of hydrogen-bond donors (Lipinski definition) is 2. The van der Waals surface area contributed by atoms with Crippen molar-refractivity contribution in [3.63, 3.8) is 0 Å². The maximum atomic E-state index is 10.4. The molecule has 8 heteroatoms. The molecule has 6 nitrogen and oxygen atoms in total. The van der Waals surface area contributed by atoms with Gasteiger partial charge < -0.3 is 0 Å². The first-order valence-corrected chi connectivity index (χ1v) is 7.77. The van der Waals surface area contributed by atoms with Crippen LogP contribution in [0.3, 0.4) is 0 Å². The molecule has 0 aliphatic carbocycles. The van der Waals surface area contributed by atoms with Crippen molar-refractivity contribution in [3.05, 3.63) is 41.8 Å². The molecule has 1 aromatic carbocycles. The standard InChI is InChI=1S/C6H6O3S.C4H8O3S/c7-10(8,9)6-4-2-1-3-5-6;1-2-3-4-8(5,6)7/h1-5H,(H,7,8,9);3-4H,2H2,1H3,(H,5,6,7). The zero-order valence-corrected chi connectivity index (χ0v) is 11.2. The fourth-order valence-electron chi connectivity index (χ4n) is 0.810. The van der Waals surface area contributed by atoms with E-state index in [9.17, 15) is 16.8 Å². The van der Waals surface area contributed by atoms with Crippen LogP contribution in [-0.2, 0) is 20.2 Å². The number of benzene rings is 1. The van der Waals surface area contributed by atoms with Crippen molar-refractivity contribution in [1.29, 1.82) is 0 Å². The summed E-state index contributed by atoms with van der Waals surface area (Å²) < 4.78 is 57.0. The molecule has 0 fully saturated rings. The molecule has 0 atom stereocenters. The molecule has 0 bridgehead atoms. The zero-order chi connectivity index (χ0) is 14.2. The second-order valence-electron chi connectivity index (χ2n) is 3.08. The summed E-state index contributed by atoms with van der Waals surface area (Å²) in [5, 5.41) is 0.771. The first-order chi connectivity index (χ1) is 8.17. The Hall–Kier alpha value is -1.22. The van der Waals surface area contributed by atoms with Crippen LogP contribution in [0, 0.1) is 0 Å². The van der Waals surface area contributed by atoms with Crippen molar-refractivity contribution in [3.8, 4) is 0 Å². The fourth-order valence-corrected chi connectivity index (χ4v) is 1.75. The van der Waals surface area contributed by atoms with Crippen molar-refractivity contribution in [2.75, 3.05) is 0 Å². The quantitative estimate of drug-likeness (QED) is 0.822. The molecule has 1 aromatic rings. The third-order valence-corrected chi connectivity index (χ3v) is 2.95. The van der Waals surface area contributed by atoms with Gasteiger partial charge in [0.2, 0.25) is 0 Å². The van der Waals surface area contributed by atoms with Gasteiger partial charge in [-0.1, -0.05) is 31.2 Å². The van der Waals surface area contributed by atoms with Gasteiger partial charge in [-0.05, 0) is 18.6 Å². The highest BCUT2D eigenvalue weighted by atomic mass is 32.2. The monoisotopic (exact) mass is 294 g/mol. The highest BCUT2D eigenvalue weighted by Crippen LogP contribution is 2.05. The summed E-state index contributed by atoms with van der Waals surface area (Å²) in [6.07, 6.45) is 1.98. The maximum absolute atomic E-state index is 10.4. The lowest BCUT2D eigenvalue weighted by molar-refractivity contribution is 0.482. The number of hydrogen-bond acceptors (Lipinski definition) is 4. The van der Waals surface area contributed by atoms with E-state index in [0.29, 0.717) is 6.42 Å². The Kier molecular flexibility index (Phi) is 6.77. The molecular formula is C10H14O6S2. The number of allylic oxidation sites excluding steroid dienone is 1. The molecule has 2 N–H and O–H groups in total. The van der Waals surface area contributed by atoms with E-state index in [2.05, 4.69) is 0 Å². The molecule has 0 amide bonds. The predicted octanol–water partition coefficient (Wildman–Crippen LogP) is 1.73. The van der Waals surface area contributed by atoms with Crippen LogP contribution >= 0.6 is 0 Å². The highest BCUT2D eigenvalue weighted by molar-refractivity contribution is 7.88. The minimum Gasteiger partial charge on any atom is -0.282 e. The van der Waals surface area contributed by atoms with E-state index in [4.69, 9.17) is 9.11 Å². The molecule has 0 saturated carbocycles. The molecule has 0 aliphatic heterocycles. The maximum Gasteiger partial charge on any atom is 0.294 e. The molecule has 0 unspecified atom stereocenters. The average molecular weight is 294 g/mol. The van der Waals surface area contributed by atoms with Gasteiger partial charge in [-0.3, -0.25) is 9.11 Å². The summed E-state index contributed by atoms with van der Waals surface area (Å²) in [6.45, 7) is 1.78. The van der Waals surface area contributed by atoms with E-state index in [0.717, 1.165) is 5.41 Å². The Balaban J connectivity index is 0.000000331. The molecule has 0 radical (unpaired) electrons. The lowest BCUT2D eigenvalue weighted by Gasteiger charge is -1.92. The predicted molar refractivity (Wildman–Crippen MR) is 67.2 cm³/mol. The molecule has 0 heterocycles. The van der Waals surface area contributed by atoms with E-state index in [1.807, 2.05) is 0 Å². The van der Waals surface area contributed by atoms with Gasteiger partial charge in [0, 0.05) is 0 Å². The molecular weight excluding hydrogens is 280 g/mol. The van der Waals surface area contributed by atoms with Crippen molar-refractivity contribution < 1.29 is 25.9 Å². The minimum atomic E-state index is -4.00. The van der Waals surface area contributed by atoms with Gasteiger partial charge in [-0.25, -0.2) is 0 Å². The Morgan fingerprint density at radius 1 is 1.06 bits per heavy atom. The van der Waals surface area contributed by atoms with E-state index in [1.54, 1.807) is 25.1 Å². The van der Waals surface area contributed by atoms with Crippen LogP contribution in [-0.4, -0.2) is 25.9 Å². The van der Waals surface area contributed by atoms with E-state index >= 15 is 0 Å². The topological polar surface area (TPSA) is 109 Å². The molecule has 0 spiro atoms. The lowest BCUT2D eigenvalue weighted by Crippen LogP contribution is -1.96. The molecule has 0 saturated heterocycles. The third-order valence-electron chi connectivity index (χ3n) is 1.54. The summed E-state index contributed by atoms with van der Waals surface area (Å²) in [5.41, 5.74) is 0. The van der Waals surface area contributed by atoms with Gasteiger partial charge in [0.05, 0.1) is 10.3 Å². The minimum absolute atomic E-state index is 0.0741. The van der Waals surface area contributed by atoms with Crippen LogP contribution in [0.5, 0.6) is 0 Å². The Labute approximate surface area is 106 Å². The Bertz CT molecular complexity index is 572. The number of rotatable bonds is 3. The van der Waals surface area contributed by atoms with Gasteiger partial charge in [0.15, 0.2) is 0 Å². The van der Waals surface area contributed by atoms with Gasteiger partial charge in [0.25, 0.3) is 20.2 Å². The fraction of sp³-hybridized carbons (Fsp3) is 0.200. The summed E-state index contributed by atoms with van der Waals surface area (Å²) >= 11 is 0. The Morgan fingerprint density at radius 2 is 1.56 bits per heavy atom. The van der Waals surface area contributed by atoms with Crippen molar-refractivity contribution in [2.45, 2.75) is 18.2 Å². The first-order valence-electron chi connectivity index (χ1n) is 4.83. The molecule has 0 aliphatic rings.